The van der Waals surface area contributed by atoms with Gasteiger partial charge in [0.15, 0.2) is 0 Å². The van der Waals surface area contributed by atoms with Crippen molar-refractivity contribution in [2.24, 2.45) is 0 Å². The average Bonchev–Trinajstić information content (AvgIpc) is 2.88. The van der Waals surface area contributed by atoms with Crippen LogP contribution in [0.5, 0.6) is 0 Å². The minimum Gasteiger partial charge on any atom is -0.349 e. The highest BCUT2D eigenvalue weighted by molar-refractivity contribution is 7.85. The monoisotopic (exact) mass is 552 g/mol. The molecule has 1 aromatic carbocycles. The maximum Gasteiger partial charge on any atom is 0.294 e. The van der Waals surface area contributed by atoms with Crippen LogP contribution in [0.3, 0.4) is 0 Å². The molecule has 7 heteroatoms. The largest absolute Gasteiger partial charge is 0.349 e. The highest BCUT2D eigenvalue weighted by Crippen LogP contribution is 2.25. The smallest absolute Gasteiger partial charge is 0.294 e. The number of benzene rings is 1. The molecule has 1 unspecified atom stereocenters. The van der Waals surface area contributed by atoms with Crippen molar-refractivity contribution >= 4 is 16.0 Å². The Bertz CT molecular complexity index is 855. The van der Waals surface area contributed by atoms with Gasteiger partial charge < -0.3 is 11.5 Å². The van der Waals surface area contributed by atoms with Crippen LogP contribution in [0.1, 0.15) is 147 Å². The van der Waals surface area contributed by atoms with E-state index in [1.165, 1.54) is 96.0 Å². The van der Waals surface area contributed by atoms with E-state index in [1.807, 2.05) is 6.92 Å². The summed E-state index contributed by atoms with van der Waals surface area (Å²) in [6.07, 6.45) is 27.2. The molecule has 38 heavy (non-hydrogen) atoms. The van der Waals surface area contributed by atoms with Crippen molar-refractivity contribution in [3.8, 4) is 0 Å². The average molecular weight is 553 g/mol. The molecule has 0 bridgehead atoms. The highest BCUT2D eigenvalue weighted by atomic mass is 32.2. The summed E-state index contributed by atoms with van der Waals surface area (Å²) in [5, 5.41) is 2.93. The molecular formula is C31H56N2O4S. The second-order valence-electron chi connectivity index (χ2n) is 10.3. The molecule has 1 aromatic rings. The molecule has 0 aliphatic rings. The molecule has 0 aliphatic heterocycles. The lowest BCUT2D eigenvalue weighted by molar-refractivity contribution is -0.122. The van der Waals surface area contributed by atoms with Crippen molar-refractivity contribution in [3.05, 3.63) is 42.0 Å². The number of rotatable bonds is 23. The molecule has 1 atom stereocenters. The first-order chi connectivity index (χ1) is 17.9. The predicted octanol–water partition coefficient (Wildman–Crippen LogP) is 9.26. The number of hydrogen-bond acceptors (Lipinski definition) is 4. The third kappa shape index (κ3) is 17.7. The van der Waals surface area contributed by atoms with Gasteiger partial charge in [-0.1, -0.05) is 121 Å². The fourth-order valence-corrected chi connectivity index (χ4v) is 5.49. The number of nitrogens with one attached hydrogen (secondary N) is 1. The quantitative estimate of drug-likeness (QED) is 0.0710. The second kappa shape index (κ2) is 23.2. The predicted molar refractivity (Wildman–Crippen MR) is 160 cm³/mol. The van der Waals surface area contributed by atoms with Gasteiger partial charge in [-0.15, -0.1) is 0 Å². The van der Waals surface area contributed by atoms with E-state index < -0.39 is 16.2 Å². The fourth-order valence-electron chi connectivity index (χ4n) is 4.73. The van der Waals surface area contributed by atoms with Crippen LogP contribution in [0.2, 0.25) is 0 Å². The molecule has 0 aromatic heterocycles. The van der Waals surface area contributed by atoms with Gasteiger partial charge in [0.05, 0.1) is 10.9 Å². The zero-order valence-electron chi connectivity index (χ0n) is 24.3. The van der Waals surface area contributed by atoms with E-state index in [4.69, 9.17) is 0 Å². The van der Waals surface area contributed by atoms with Gasteiger partial charge in [0.2, 0.25) is 5.91 Å². The number of allylic oxidation sites excluding steroid dienone is 2. The summed E-state index contributed by atoms with van der Waals surface area (Å²) in [5.41, 5.74) is 0.435. The van der Waals surface area contributed by atoms with E-state index >= 15 is 0 Å². The topological polar surface area (TPSA) is 118 Å². The second-order valence-corrected chi connectivity index (χ2v) is 11.7. The Hall–Kier alpha value is -1.70. The van der Waals surface area contributed by atoms with Gasteiger partial charge in [0.25, 0.3) is 10.1 Å². The highest BCUT2D eigenvalue weighted by Gasteiger charge is 2.21. The van der Waals surface area contributed by atoms with Gasteiger partial charge in [-0.3, -0.25) is 9.35 Å². The maximum absolute atomic E-state index is 12.4. The molecule has 0 aliphatic carbocycles. The zero-order valence-corrected chi connectivity index (χ0v) is 25.1. The van der Waals surface area contributed by atoms with E-state index in [0.29, 0.717) is 18.4 Å². The van der Waals surface area contributed by atoms with Crippen molar-refractivity contribution in [3.63, 3.8) is 0 Å². The minimum atomic E-state index is -4.33. The van der Waals surface area contributed by atoms with Crippen LogP contribution >= 0.6 is 0 Å². The van der Waals surface area contributed by atoms with E-state index in [2.05, 4.69) is 24.4 Å². The molecular weight excluding hydrogens is 496 g/mol. The lowest BCUT2D eigenvalue weighted by Crippen LogP contribution is -2.29. The molecule has 0 heterocycles. The van der Waals surface area contributed by atoms with Crippen LogP contribution in [0.4, 0.5) is 0 Å². The summed E-state index contributed by atoms with van der Waals surface area (Å²) in [6.45, 7) is 4.15. The Labute approximate surface area is 233 Å². The summed E-state index contributed by atoms with van der Waals surface area (Å²) in [5.74, 6) is -0.0713. The van der Waals surface area contributed by atoms with Crippen LogP contribution in [-0.2, 0) is 14.9 Å². The van der Waals surface area contributed by atoms with Crippen molar-refractivity contribution in [2.75, 3.05) is 0 Å². The minimum absolute atomic E-state index is 0. The normalized spacial score (nSPS) is 12.4. The van der Waals surface area contributed by atoms with Crippen molar-refractivity contribution in [1.82, 2.24) is 11.5 Å². The van der Waals surface area contributed by atoms with Crippen LogP contribution in [0.15, 0.2) is 41.3 Å². The van der Waals surface area contributed by atoms with Crippen molar-refractivity contribution < 1.29 is 17.8 Å². The Balaban J connectivity index is 0.0000137. The molecule has 6 nitrogen and oxygen atoms in total. The first kappa shape index (κ1) is 36.3. The van der Waals surface area contributed by atoms with Crippen LogP contribution in [0, 0.1) is 0 Å². The van der Waals surface area contributed by atoms with Gasteiger partial charge in [-0.25, -0.2) is 0 Å². The standard InChI is InChI=1S/C31H53NO4S.H3N/c1-3-5-6-7-8-9-10-11-12-13-14-15-16-17-18-19-20-21-22-27-31(33)32-29(4-2)28-25-23-24-26-30(28)37(34,35)36;/h11-12,23-26,29H,3-10,13-22,27H2,1-2H3,(H,32,33)(H,34,35,36);1H3/b12-11-;. The molecule has 220 valence electrons. The molecule has 0 fully saturated rings. The van der Waals surface area contributed by atoms with E-state index in [0.717, 1.165) is 19.3 Å². The maximum atomic E-state index is 12.4. The summed E-state index contributed by atoms with van der Waals surface area (Å²) in [7, 11) is -4.33. The Morgan fingerprint density at radius 1 is 0.789 bits per heavy atom. The lowest BCUT2D eigenvalue weighted by Gasteiger charge is -2.19. The van der Waals surface area contributed by atoms with Gasteiger partial charge in [-0.05, 0) is 50.2 Å². The van der Waals surface area contributed by atoms with Gasteiger partial charge in [-0.2, -0.15) is 8.42 Å². The fraction of sp³-hybridized carbons (Fsp3) is 0.710. The molecule has 0 saturated carbocycles. The van der Waals surface area contributed by atoms with Crippen LogP contribution in [0.25, 0.3) is 0 Å². The number of hydrogen-bond donors (Lipinski definition) is 3. The summed E-state index contributed by atoms with van der Waals surface area (Å²) in [4.78, 5) is 12.3. The van der Waals surface area contributed by atoms with E-state index in [9.17, 15) is 17.8 Å². The van der Waals surface area contributed by atoms with Crippen molar-refractivity contribution in [1.29, 1.82) is 0 Å². The van der Waals surface area contributed by atoms with Gasteiger partial charge >= 0.3 is 0 Å². The summed E-state index contributed by atoms with van der Waals surface area (Å²) >= 11 is 0. The molecule has 0 radical (unpaired) electrons. The lowest BCUT2D eigenvalue weighted by atomic mass is 10.0. The Morgan fingerprint density at radius 2 is 1.26 bits per heavy atom. The number of carbonyl (C=O) groups is 1. The third-order valence-electron chi connectivity index (χ3n) is 6.98. The molecule has 0 spiro atoms. The molecule has 0 saturated heterocycles. The number of amides is 1. The Kier molecular flexibility index (Phi) is 22.2. The number of unbranched alkanes of at least 4 members (excludes halogenated alkanes) is 15. The van der Waals surface area contributed by atoms with Crippen molar-refractivity contribution in [2.45, 2.75) is 147 Å². The summed E-state index contributed by atoms with van der Waals surface area (Å²) < 4.78 is 32.8. The third-order valence-corrected chi connectivity index (χ3v) is 7.91. The zero-order chi connectivity index (χ0) is 27.2. The van der Waals surface area contributed by atoms with Crippen LogP contribution < -0.4 is 11.5 Å². The first-order valence-corrected chi connectivity index (χ1v) is 16.3. The first-order valence-electron chi connectivity index (χ1n) is 14.9. The molecule has 5 N–H and O–H groups in total. The van der Waals surface area contributed by atoms with E-state index in [1.54, 1.807) is 18.2 Å². The van der Waals surface area contributed by atoms with Gasteiger partial charge in [0.1, 0.15) is 0 Å². The van der Waals surface area contributed by atoms with Crippen LogP contribution in [-0.4, -0.2) is 18.9 Å². The number of carbonyl (C=O) groups excluding carboxylic acids is 1. The Morgan fingerprint density at radius 3 is 1.76 bits per heavy atom. The van der Waals surface area contributed by atoms with E-state index in [-0.39, 0.29) is 17.0 Å². The molecule has 1 rings (SSSR count). The SMILES string of the molecule is CCCCCCCC/C=C\CCCCCCCCCCCC(=O)NC(CC)c1ccccc1S(=O)(=O)O.N. The summed E-state index contributed by atoms with van der Waals surface area (Å²) in [6, 6.07) is 5.87. The van der Waals surface area contributed by atoms with Gasteiger partial charge in [0, 0.05) is 6.42 Å². The molecule has 1 amide bonds.